The fourth-order valence-corrected chi connectivity index (χ4v) is 0.408. The molecule has 0 unspecified atom stereocenters. The van der Waals surface area contributed by atoms with Gasteiger partial charge in [-0.25, -0.2) is 8.42 Å². The van der Waals surface area contributed by atoms with Crippen molar-refractivity contribution in [1.82, 2.24) is 10.2 Å². The molecule has 9 heavy (non-hydrogen) atoms. The van der Waals surface area contributed by atoms with Crippen LogP contribution in [-0.4, -0.2) is 23.2 Å². The second-order valence-corrected chi connectivity index (χ2v) is 1.99. The van der Waals surface area contributed by atoms with E-state index < -0.39 is 11.0 Å². The summed E-state index contributed by atoms with van der Waals surface area (Å²) >= 11 is 1.49. The third kappa shape index (κ3) is 11.2. The highest BCUT2D eigenvalue weighted by molar-refractivity contribution is 7.66. The minimum atomic E-state index is -3.12. The molecule has 7 heteroatoms. The summed E-state index contributed by atoms with van der Waals surface area (Å²) in [7, 11) is -3.12. The van der Waals surface area contributed by atoms with Gasteiger partial charge < -0.3 is 0 Å². The number of hydrogen-bond donors (Lipinski definition) is 2. The van der Waals surface area contributed by atoms with E-state index in [0.717, 1.165) is 0 Å². The maximum Gasteiger partial charge on any atom is 0.254 e. The van der Waals surface area contributed by atoms with Crippen molar-refractivity contribution in [1.29, 1.82) is 0 Å². The first-order valence-electron chi connectivity index (χ1n) is 1.75. The zero-order valence-electron chi connectivity index (χ0n) is 4.17. The molecule has 0 saturated heterocycles. The summed E-state index contributed by atoms with van der Waals surface area (Å²) < 4.78 is 24.2. The molecular formula is C2H4N2O3S2. The average Bonchev–Trinajstić information content (AvgIpc) is 2.11. The maximum atomic E-state index is 8.59. The molecule has 0 aliphatic carbocycles. The van der Waals surface area contributed by atoms with Crippen LogP contribution in [0.15, 0.2) is 11.0 Å². The number of nitrogens with zero attached hydrogens (tertiary/aromatic N) is 2. The van der Waals surface area contributed by atoms with Crippen molar-refractivity contribution in [3.63, 3.8) is 0 Å². The molecule has 0 saturated carbocycles. The zero-order valence-corrected chi connectivity index (χ0v) is 5.88. The molecule has 0 radical (unpaired) electrons. The Kier molecular flexibility index (Phi) is 5.27. The molecule has 1 rings (SSSR count). The zero-order chi connectivity index (χ0) is 7.11. The van der Waals surface area contributed by atoms with Crippen molar-refractivity contribution in [3.8, 4) is 0 Å². The average molecular weight is 168 g/mol. The maximum absolute atomic E-state index is 8.59. The molecule has 0 bridgehead atoms. The van der Waals surface area contributed by atoms with E-state index >= 15 is 0 Å². The quantitative estimate of drug-likeness (QED) is 0.407. The SMILES string of the molecule is O=[SH](=O)O.c1nncs1. The molecule has 1 aromatic heterocycles. The summed E-state index contributed by atoms with van der Waals surface area (Å²) in [5.41, 5.74) is 3.36. The molecule has 0 spiro atoms. The first kappa shape index (κ1) is 8.47. The number of aromatic nitrogens is 2. The second kappa shape index (κ2) is 5.60. The molecule has 0 aliphatic heterocycles. The monoisotopic (exact) mass is 168 g/mol. The van der Waals surface area contributed by atoms with Crippen molar-refractivity contribution >= 4 is 22.3 Å². The molecule has 0 atom stereocenters. The van der Waals surface area contributed by atoms with E-state index in [1.165, 1.54) is 11.3 Å². The number of hydrogen-bond acceptors (Lipinski definition) is 5. The van der Waals surface area contributed by atoms with Gasteiger partial charge in [0, 0.05) is 0 Å². The van der Waals surface area contributed by atoms with Crippen LogP contribution in [0, 0.1) is 0 Å². The lowest BCUT2D eigenvalue weighted by molar-refractivity contribution is 0.509. The van der Waals surface area contributed by atoms with Gasteiger partial charge in [-0.2, -0.15) is 0 Å². The largest absolute Gasteiger partial charge is 0.288 e. The smallest absolute Gasteiger partial charge is 0.254 e. The topological polar surface area (TPSA) is 80.2 Å². The fraction of sp³-hybridized carbons (Fsp3) is 0. The standard InChI is InChI=1S/C2H2N2S.H2O3S/c1-3-4-2-5-1;1-4(2)3/h1-2H;4H,(H,1,2,3). The first-order chi connectivity index (χ1) is 4.23. The summed E-state index contributed by atoms with van der Waals surface area (Å²) in [4.78, 5) is 0. The van der Waals surface area contributed by atoms with Crippen LogP contribution >= 0.6 is 11.3 Å². The number of rotatable bonds is 0. The highest BCUT2D eigenvalue weighted by atomic mass is 32.2. The molecule has 0 amide bonds. The molecule has 0 aliphatic rings. The Labute approximate surface area is 57.1 Å². The molecule has 5 nitrogen and oxygen atoms in total. The Morgan fingerprint density at radius 2 is 1.67 bits per heavy atom. The van der Waals surface area contributed by atoms with Crippen molar-refractivity contribution < 1.29 is 13.0 Å². The molecule has 0 aromatic carbocycles. The summed E-state index contributed by atoms with van der Waals surface area (Å²) in [6.45, 7) is 0. The van der Waals surface area contributed by atoms with Crippen molar-refractivity contribution in [2.24, 2.45) is 0 Å². The Bertz CT molecular complexity index is 168. The summed E-state index contributed by atoms with van der Waals surface area (Å²) in [6, 6.07) is 0. The molecule has 0 fully saturated rings. The van der Waals surface area contributed by atoms with Crippen molar-refractivity contribution in [2.75, 3.05) is 0 Å². The van der Waals surface area contributed by atoms with E-state index in [4.69, 9.17) is 13.0 Å². The third-order valence-electron chi connectivity index (χ3n) is 0.283. The Morgan fingerprint density at radius 1 is 1.33 bits per heavy atom. The van der Waals surface area contributed by atoms with Gasteiger partial charge in [0.2, 0.25) is 0 Å². The molecule has 1 aromatic rings. The summed E-state index contributed by atoms with van der Waals surface area (Å²) in [5, 5.41) is 6.98. The van der Waals surface area contributed by atoms with Gasteiger partial charge in [-0.05, 0) is 0 Å². The second-order valence-electron chi connectivity index (χ2n) is 0.816. The van der Waals surface area contributed by atoms with E-state index in [-0.39, 0.29) is 0 Å². The van der Waals surface area contributed by atoms with Crippen molar-refractivity contribution in [3.05, 3.63) is 11.0 Å². The highest BCUT2D eigenvalue weighted by Gasteiger charge is 1.60. The van der Waals surface area contributed by atoms with Gasteiger partial charge in [-0.1, -0.05) is 0 Å². The van der Waals surface area contributed by atoms with Gasteiger partial charge >= 0.3 is 0 Å². The van der Waals surface area contributed by atoms with E-state index in [1.807, 2.05) is 0 Å². The molecule has 1 N–H and O–H groups in total. The van der Waals surface area contributed by atoms with Gasteiger partial charge in [0.05, 0.1) is 0 Å². The van der Waals surface area contributed by atoms with Gasteiger partial charge in [0.15, 0.2) is 0 Å². The molecule has 1 heterocycles. The van der Waals surface area contributed by atoms with Crippen LogP contribution in [0.25, 0.3) is 0 Å². The first-order valence-corrected chi connectivity index (χ1v) is 3.83. The molecular weight excluding hydrogens is 164 g/mol. The van der Waals surface area contributed by atoms with Gasteiger partial charge in [-0.3, -0.25) is 4.55 Å². The minimum absolute atomic E-state index is 1.49. The predicted octanol–water partition coefficient (Wildman–Crippen LogP) is -0.391. The van der Waals surface area contributed by atoms with Gasteiger partial charge in [0.25, 0.3) is 11.0 Å². The van der Waals surface area contributed by atoms with Gasteiger partial charge in [0.1, 0.15) is 11.0 Å². The van der Waals surface area contributed by atoms with Crippen LogP contribution in [0.1, 0.15) is 0 Å². The lowest BCUT2D eigenvalue weighted by atomic mass is 11.6. The van der Waals surface area contributed by atoms with Crippen LogP contribution in [0.4, 0.5) is 0 Å². The highest BCUT2D eigenvalue weighted by Crippen LogP contribution is 1.80. The van der Waals surface area contributed by atoms with Crippen LogP contribution in [0.5, 0.6) is 0 Å². The van der Waals surface area contributed by atoms with E-state index in [9.17, 15) is 0 Å². The predicted molar refractivity (Wildman–Crippen MR) is 32.9 cm³/mol. The lowest BCUT2D eigenvalue weighted by Gasteiger charge is -1.43. The Morgan fingerprint density at radius 3 is 1.78 bits per heavy atom. The summed E-state index contributed by atoms with van der Waals surface area (Å²) in [5.74, 6) is 0. The van der Waals surface area contributed by atoms with Crippen LogP contribution < -0.4 is 0 Å². The summed E-state index contributed by atoms with van der Waals surface area (Å²) in [6.07, 6.45) is 0. The van der Waals surface area contributed by atoms with Crippen LogP contribution in [0.2, 0.25) is 0 Å². The number of thiol groups is 1. The lowest BCUT2D eigenvalue weighted by Crippen LogP contribution is -1.58. The third-order valence-corrected chi connectivity index (χ3v) is 0.715. The fourth-order valence-electron chi connectivity index (χ4n) is 0.136. The van der Waals surface area contributed by atoms with Crippen LogP contribution in [-0.2, 0) is 11.0 Å². The van der Waals surface area contributed by atoms with E-state index in [2.05, 4.69) is 10.2 Å². The Hall–Kier alpha value is -0.530. The molecule has 52 valence electrons. The van der Waals surface area contributed by atoms with E-state index in [0.29, 0.717) is 0 Å². The Balaban J connectivity index is 0.000000148. The van der Waals surface area contributed by atoms with E-state index in [1.54, 1.807) is 11.0 Å². The normalized spacial score (nSPS) is 8.22. The van der Waals surface area contributed by atoms with Crippen molar-refractivity contribution in [2.45, 2.75) is 0 Å². The van der Waals surface area contributed by atoms with Gasteiger partial charge in [-0.15, -0.1) is 21.5 Å². The minimum Gasteiger partial charge on any atom is -0.288 e. The van der Waals surface area contributed by atoms with Crippen LogP contribution in [0.3, 0.4) is 0 Å².